The number of benzene rings is 2. The SMILES string of the molecule is CCCCOc1ccccc1-c1cc(C(=O)NCc2ccc(OC)cc2)[nH]n1. The fraction of sp³-hybridized carbons (Fsp3) is 0.273. The number of unbranched alkanes of at least 4 members (excludes halogenated alkanes) is 1. The van der Waals surface area contributed by atoms with E-state index in [-0.39, 0.29) is 5.91 Å². The molecule has 0 bridgehead atoms. The number of aromatic amines is 1. The van der Waals surface area contributed by atoms with Crippen LogP contribution in [0.5, 0.6) is 11.5 Å². The number of aromatic nitrogens is 2. The first-order chi connectivity index (χ1) is 13.7. The van der Waals surface area contributed by atoms with Gasteiger partial charge in [-0.3, -0.25) is 9.89 Å². The molecule has 146 valence electrons. The monoisotopic (exact) mass is 379 g/mol. The van der Waals surface area contributed by atoms with Gasteiger partial charge in [-0.2, -0.15) is 5.10 Å². The van der Waals surface area contributed by atoms with Crippen molar-refractivity contribution in [2.75, 3.05) is 13.7 Å². The van der Waals surface area contributed by atoms with Gasteiger partial charge in [-0.15, -0.1) is 0 Å². The number of para-hydroxylation sites is 1. The topological polar surface area (TPSA) is 76.2 Å². The van der Waals surface area contributed by atoms with E-state index in [9.17, 15) is 4.79 Å². The van der Waals surface area contributed by atoms with Crippen LogP contribution < -0.4 is 14.8 Å². The van der Waals surface area contributed by atoms with E-state index < -0.39 is 0 Å². The summed E-state index contributed by atoms with van der Waals surface area (Å²) in [6, 6.07) is 17.0. The summed E-state index contributed by atoms with van der Waals surface area (Å²) >= 11 is 0. The number of hydrogen-bond acceptors (Lipinski definition) is 4. The van der Waals surface area contributed by atoms with E-state index in [4.69, 9.17) is 9.47 Å². The minimum absolute atomic E-state index is 0.209. The van der Waals surface area contributed by atoms with Crippen molar-refractivity contribution < 1.29 is 14.3 Å². The Morgan fingerprint density at radius 1 is 1.14 bits per heavy atom. The number of rotatable bonds is 9. The normalized spacial score (nSPS) is 10.5. The molecule has 2 aromatic carbocycles. The average Bonchev–Trinajstić information content (AvgIpc) is 3.23. The number of H-pyrrole nitrogens is 1. The quantitative estimate of drug-likeness (QED) is 0.547. The number of carbonyl (C=O) groups excluding carboxylic acids is 1. The summed E-state index contributed by atoms with van der Waals surface area (Å²) in [5, 5.41) is 10.00. The molecule has 28 heavy (non-hydrogen) atoms. The molecule has 6 nitrogen and oxygen atoms in total. The number of methoxy groups -OCH3 is 1. The Labute approximate surface area is 164 Å². The van der Waals surface area contributed by atoms with Crippen molar-refractivity contribution in [3.05, 3.63) is 65.9 Å². The number of nitrogens with one attached hydrogen (secondary N) is 2. The van der Waals surface area contributed by atoms with Gasteiger partial charge in [0.2, 0.25) is 0 Å². The Bertz CT molecular complexity index is 903. The smallest absolute Gasteiger partial charge is 0.269 e. The summed E-state index contributed by atoms with van der Waals surface area (Å²) in [5.74, 6) is 1.35. The highest BCUT2D eigenvalue weighted by Gasteiger charge is 2.14. The fourth-order valence-corrected chi connectivity index (χ4v) is 2.73. The van der Waals surface area contributed by atoms with Crippen LogP contribution in [0.2, 0.25) is 0 Å². The van der Waals surface area contributed by atoms with Gasteiger partial charge in [0.15, 0.2) is 0 Å². The van der Waals surface area contributed by atoms with Crippen molar-refractivity contribution in [2.45, 2.75) is 26.3 Å². The summed E-state index contributed by atoms with van der Waals surface area (Å²) in [6.07, 6.45) is 2.07. The highest BCUT2D eigenvalue weighted by molar-refractivity contribution is 5.93. The second-order valence-corrected chi connectivity index (χ2v) is 6.40. The summed E-state index contributed by atoms with van der Waals surface area (Å²) in [6.45, 7) is 3.21. The molecule has 1 amide bonds. The largest absolute Gasteiger partial charge is 0.497 e. The Balaban J connectivity index is 1.65. The van der Waals surface area contributed by atoms with E-state index in [1.54, 1.807) is 13.2 Å². The zero-order valence-electron chi connectivity index (χ0n) is 16.2. The molecule has 0 aliphatic rings. The van der Waals surface area contributed by atoms with Gasteiger partial charge >= 0.3 is 0 Å². The summed E-state index contributed by atoms with van der Waals surface area (Å²) in [5.41, 5.74) is 2.95. The van der Waals surface area contributed by atoms with Crippen LogP contribution >= 0.6 is 0 Å². The number of carbonyl (C=O) groups is 1. The minimum atomic E-state index is -0.209. The molecule has 3 rings (SSSR count). The average molecular weight is 379 g/mol. The number of ether oxygens (including phenoxy) is 2. The Morgan fingerprint density at radius 2 is 1.93 bits per heavy atom. The highest BCUT2D eigenvalue weighted by atomic mass is 16.5. The summed E-state index contributed by atoms with van der Waals surface area (Å²) < 4.78 is 11.0. The molecule has 0 saturated carbocycles. The number of nitrogens with zero attached hydrogens (tertiary/aromatic N) is 1. The third-order valence-electron chi connectivity index (χ3n) is 4.35. The van der Waals surface area contributed by atoms with Crippen LogP contribution in [-0.2, 0) is 6.54 Å². The molecule has 0 saturated heterocycles. The van der Waals surface area contributed by atoms with E-state index in [2.05, 4.69) is 22.4 Å². The van der Waals surface area contributed by atoms with Crippen molar-refractivity contribution in [3.63, 3.8) is 0 Å². The van der Waals surface area contributed by atoms with E-state index in [0.717, 1.165) is 35.5 Å². The minimum Gasteiger partial charge on any atom is -0.497 e. The molecule has 2 N–H and O–H groups in total. The van der Waals surface area contributed by atoms with Gasteiger partial charge in [0.1, 0.15) is 17.2 Å². The molecule has 0 aliphatic carbocycles. The highest BCUT2D eigenvalue weighted by Crippen LogP contribution is 2.29. The third-order valence-corrected chi connectivity index (χ3v) is 4.35. The molecule has 0 unspecified atom stereocenters. The molecule has 6 heteroatoms. The van der Waals surface area contributed by atoms with Crippen LogP contribution in [0, 0.1) is 0 Å². The van der Waals surface area contributed by atoms with Gasteiger partial charge < -0.3 is 14.8 Å². The lowest BCUT2D eigenvalue weighted by atomic mass is 10.1. The van der Waals surface area contributed by atoms with Gasteiger partial charge in [-0.1, -0.05) is 37.6 Å². The van der Waals surface area contributed by atoms with Crippen LogP contribution in [0.15, 0.2) is 54.6 Å². The Hall–Kier alpha value is -3.28. The molecular formula is C22H25N3O3. The van der Waals surface area contributed by atoms with Gasteiger partial charge in [-0.05, 0) is 42.3 Å². The summed E-state index contributed by atoms with van der Waals surface area (Å²) in [4.78, 5) is 12.4. The molecular weight excluding hydrogens is 354 g/mol. The second-order valence-electron chi connectivity index (χ2n) is 6.40. The van der Waals surface area contributed by atoms with Crippen molar-refractivity contribution in [3.8, 4) is 22.8 Å². The second kappa shape index (κ2) is 9.60. The molecule has 0 fully saturated rings. The molecule has 3 aromatic rings. The lowest BCUT2D eigenvalue weighted by Gasteiger charge is -2.09. The van der Waals surface area contributed by atoms with Crippen LogP contribution in [0.4, 0.5) is 0 Å². The molecule has 0 radical (unpaired) electrons. The lowest BCUT2D eigenvalue weighted by Crippen LogP contribution is -2.23. The van der Waals surface area contributed by atoms with Gasteiger partial charge in [0.05, 0.1) is 19.4 Å². The maximum absolute atomic E-state index is 12.4. The van der Waals surface area contributed by atoms with Crippen LogP contribution in [-0.4, -0.2) is 29.8 Å². The zero-order chi connectivity index (χ0) is 19.8. The number of hydrogen-bond donors (Lipinski definition) is 2. The van der Waals surface area contributed by atoms with E-state index in [1.165, 1.54) is 0 Å². The maximum atomic E-state index is 12.4. The molecule has 0 atom stereocenters. The zero-order valence-corrected chi connectivity index (χ0v) is 16.2. The first-order valence-electron chi connectivity index (χ1n) is 9.40. The Morgan fingerprint density at radius 3 is 2.68 bits per heavy atom. The van der Waals surface area contributed by atoms with Crippen molar-refractivity contribution in [2.24, 2.45) is 0 Å². The Kier molecular flexibility index (Phi) is 6.68. The van der Waals surface area contributed by atoms with E-state index >= 15 is 0 Å². The van der Waals surface area contributed by atoms with E-state index in [1.807, 2.05) is 48.5 Å². The first kappa shape index (κ1) is 19.5. The van der Waals surface area contributed by atoms with E-state index in [0.29, 0.717) is 24.5 Å². The molecule has 1 heterocycles. The van der Waals surface area contributed by atoms with Gasteiger partial charge in [-0.25, -0.2) is 0 Å². The predicted molar refractivity (Wildman–Crippen MR) is 109 cm³/mol. The van der Waals surface area contributed by atoms with Crippen LogP contribution in [0.3, 0.4) is 0 Å². The van der Waals surface area contributed by atoms with Crippen LogP contribution in [0.25, 0.3) is 11.3 Å². The van der Waals surface area contributed by atoms with Crippen LogP contribution in [0.1, 0.15) is 35.8 Å². The molecule has 0 spiro atoms. The maximum Gasteiger partial charge on any atom is 0.269 e. The van der Waals surface area contributed by atoms with Crippen molar-refractivity contribution in [1.29, 1.82) is 0 Å². The van der Waals surface area contributed by atoms with Crippen molar-refractivity contribution in [1.82, 2.24) is 15.5 Å². The third kappa shape index (κ3) is 4.91. The van der Waals surface area contributed by atoms with Gasteiger partial charge in [0.25, 0.3) is 5.91 Å². The van der Waals surface area contributed by atoms with Crippen molar-refractivity contribution >= 4 is 5.91 Å². The predicted octanol–water partition coefficient (Wildman–Crippen LogP) is 4.19. The van der Waals surface area contributed by atoms with Gasteiger partial charge in [0, 0.05) is 12.1 Å². The summed E-state index contributed by atoms with van der Waals surface area (Å²) in [7, 11) is 1.62. The lowest BCUT2D eigenvalue weighted by molar-refractivity contribution is 0.0946. The first-order valence-corrected chi connectivity index (χ1v) is 9.40. The fourth-order valence-electron chi connectivity index (χ4n) is 2.73. The number of amides is 1. The molecule has 1 aromatic heterocycles. The molecule has 0 aliphatic heterocycles. The standard InChI is InChI=1S/C22H25N3O3/c1-3-4-13-28-21-8-6-5-7-18(21)19-14-20(25-24-19)22(26)23-15-16-9-11-17(27-2)12-10-16/h5-12,14H,3-4,13,15H2,1-2H3,(H,23,26)(H,24,25).